The number of benzene rings is 2. The van der Waals surface area contributed by atoms with Gasteiger partial charge in [-0.2, -0.15) is 13.2 Å². The van der Waals surface area contributed by atoms with Gasteiger partial charge in [-0.1, -0.05) is 18.2 Å². The number of aromatic nitrogens is 1. The number of halogens is 3. The molecule has 34 heavy (non-hydrogen) atoms. The lowest BCUT2D eigenvalue weighted by atomic mass is 10.1. The van der Waals surface area contributed by atoms with Crippen LogP contribution in [0.5, 0.6) is 5.75 Å². The Morgan fingerprint density at radius 1 is 1.15 bits per heavy atom. The Kier molecular flexibility index (Phi) is 6.92. The van der Waals surface area contributed by atoms with E-state index in [2.05, 4.69) is 4.98 Å². The Labute approximate surface area is 201 Å². The number of carboxylic acids is 1. The fourth-order valence-corrected chi connectivity index (χ4v) is 5.40. The molecule has 2 aromatic heterocycles. The minimum Gasteiger partial charge on any atom is -0.487 e. The van der Waals surface area contributed by atoms with Crippen molar-refractivity contribution in [3.05, 3.63) is 69.5 Å². The van der Waals surface area contributed by atoms with E-state index in [1.54, 1.807) is 0 Å². The first kappa shape index (κ1) is 24.2. The highest BCUT2D eigenvalue weighted by Crippen LogP contribution is 2.36. The molecule has 0 spiro atoms. The predicted octanol–water partition coefficient (Wildman–Crippen LogP) is 6.57. The summed E-state index contributed by atoms with van der Waals surface area (Å²) in [5.74, 6) is -0.356. The van der Waals surface area contributed by atoms with Crippen molar-refractivity contribution in [1.29, 1.82) is 0 Å². The van der Waals surface area contributed by atoms with Gasteiger partial charge in [0.2, 0.25) is 0 Å². The molecule has 4 aromatic rings. The number of hydrogen-bond donors (Lipinski definition) is 1. The number of hydrogen-bond acceptors (Lipinski definition) is 6. The number of fused-ring (bicyclic) bond motifs is 1. The van der Waals surface area contributed by atoms with Crippen LogP contribution >= 0.6 is 22.7 Å². The average Bonchev–Trinajstić information content (AvgIpc) is 3.43. The molecule has 2 heterocycles. The zero-order chi connectivity index (χ0) is 24.5. The second-order valence-corrected chi connectivity index (χ2v) is 9.54. The summed E-state index contributed by atoms with van der Waals surface area (Å²) in [7, 11) is 1.37. The van der Waals surface area contributed by atoms with Crippen LogP contribution in [0.25, 0.3) is 20.7 Å². The molecule has 0 saturated carbocycles. The van der Waals surface area contributed by atoms with Crippen molar-refractivity contribution in [2.75, 3.05) is 7.11 Å². The SMILES string of the molecule is COC(Cc1ccc(OCc2sc(-c3ccc(C(F)(F)F)cc3)nc2C)c2ccsc12)C(=O)O. The number of nitrogens with zero attached hydrogens (tertiary/aromatic N) is 1. The first-order chi connectivity index (χ1) is 16.2. The lowest BCUT2D eigenvalue weighted by Gasteiger charge is -2.13. The number of thiophene rings is 1. The highest BCUT2D eigenvalue weighted by molar-refractivity contribution is 7.17. The summed E-state index contributed by atoms with van der Waals surface area (Å²) < 4.78 is 50.5. The van der Waals surface area contributed by atoms with E-state index in [-0.39, 0.29) is 13.0 Å². The van der Waals surface area contributed by atoms with Gasteiger partial charge in [0.1, 0.15) is 17.4 Å². The summed E-state index contributed by atoms with van der Waals surface area (Å²) in [5.41, 5.74) is 1.53. The monoisotopic (exact) mass is 507 g/mol. The molecule has 1 unspecified atom stereocenters. The number of ether oxygens (including phenoxy) is 2. The van der Waals surface area contributed by atoms with Crippen molar-refractivity contribution >= 4 is 38.7 Å². The van der Waals surface area contributed by atoms with Crippen molar-refractivity contribution in [1.82, 2.24) is 4.98 Å². The molecule has 1 N–H and O–H groups in total. The summed E-state index contributed by atoms with van der Waals surface area (Å²) in [6.07, 6.45) is -5.06. The maximum absolute atomic E-state index is 12.8. The molecule has 0 bridgehead atoms. The molecule has 0 saturated heterocycles. The summed E-state index contributed by atoms with van der Waals surface area (Å²) in [5, 5.41) is 12.7. The number of rotatable bonds is 8. The molecule has 0 fully saturated rings. The Hall–Kier alpha value is -2.95. The van der Waals surface area contributed by atoms with Crippen molar-refractivity contribution < 1.29 is 32.5 Å². The molecule has 0 radical (unpaired) electrons. The summed E-state index contributed by atoms with van der Waals surface area (Å²) in [6, 6.07) is 10.5. The second-order valence-electron chi connectivity index (χ2n) is 7.54. The standard InChI is InChI=1S/C24H20F3NO4S2/c1-13-20(34-22(28-13)14-3-6-16(7-4-14)24(25,26)27)12-32-18-8-5-15(11-19(31-2)23(29)30)21-17(18)9-10-33-21/h3-10,19H,11-12H2,1-2H3,(H,29,30). The molecule has 2 aromatic carbocycles. The zero-order valence-electron chi connectivity index (χ0n) is 18.2. The van der Waals surface area contributed by atoms with Crippen LogP contribution in [-0.2, 0) is 28.7 Å². The largest absolute Gasteiger partial charge is 0.487 e. The third-order valence-electron chi connectivity index (χ3n) is 5.33. The summed E-state index contributed by atoms with van der Waals surface area (Å²) in [6.45, 7) is 2.09. The van der Waals surface area contributed by atoms with Gasteiger partial charge in [0.15, 0.2) is 6.10 Å². The van der Waals surface area contributed by atoms with Gasteiger partial charge in [-0.05, 0) is 42.1 Å². The van der Waals surface area contributed by atoms with Crippen LogP contribution in [0, 0.1) is 6.92 Å². The van der Waals surface area contributed by atoms with Crippen molar-refractivity contribution in [3.63, 3.8) is 0 Å². The van der Waals surface area contributed by atoms with Crippen LogP contribution in [0.15, 0.2) is 47.8 Å². The third-order valence-corrected chi connectivity index (χ3v) is 7.50. The molecule has 4 rings (SSSR count). The molecule has 1 atom stereocenters. The van der Waals surface area contributed by atoms with E-state index in [9.17, 15) is 23.1 Å². The van der Waals surface area contributed by atoms with Crippen LogP contribution in [-0.4, -0.2) is 29.3 Å². The third kappa shape index (κ3) is 5.08. The van der Waals surface area contributed by atoms with Gasteiger partial charge >= 0.3 is 12.1 Å². The molecule has 0 aliphatic heterocycles. The van der Waals surface area contributed by atoms with E-state index < -0.39 is 23.8 Å². The van der Waals surface area contributed by atoms with E-state index in [0.717, 1.165) is 38.4 Å². The second kappa shape index (κ2) is 9.73. The molecule has 5 nitrogen and oxygen atoms in total. The van der Waals surface area contributed by atoms with Crippen LogP contribution in [0.3, 0.4) is 0 Å². The van der Waals surface area contributed by atoms with Gasteiger partial charge in [0.25, 0.3) is 0 Å². The highest BCUT2D eigenvalue weighted by Gasteiger charge is 2.30. The van der Waals surface area contributed by atoms with E-state index >= 15 is 0 Å². The van der Waals surface area contributed by atoms with E-state index in [4.69, 9.17) is 9.47 Å². The van der Waals surface area contributed by atoms with Crippen molar-refractivity contribution in [2.24, 2.45) is 0 Å². The number of aliphatic carboxylic acids is 1. The number of aryl methyl sites for hydroxylation is 1. The van der Waals surface area contributed by atoms with Crippen LogP contribution < -0.4 is 4.74 Å². The summed E-state index contributed by atoms with van der Waals surface area (Å²) in [4.78, 5) is 16.7. The fraction of sp³-hybridized carbons (Fsp3) is 0.250. The molecule has 178 valence electrons. The first-order valence-corrected chi connectivity index (χ1v) is 11.9. The fourth-order valence-electron chi connectivity index (χ4n) is 3.48. The van der Waals surface area contributed by atoms with Gasteiger partial charge in [0.05, 0.1) is 16.1 Å². The highest BCUT2D eigenvalue weighted by atomic mass is 32.1. The number of methoxy groups -OCH3 is 1. The zero-order valence-corrected chi connectivity index (χ0v) is 19.8. The Balaban J connectivity index is 1.52. The topological polar surface area (TPSA) is 68.7 Å². The van der Waals surface area contributed by atoms with Crippen molar-refractivity contribution in [2.45, 2.75) is 32.2 Å². The van der Waals surface area contributed by atoms with Crippen LogP contribution in [0.1, 0.15) is 21.7 Å². The van der Waals surface area contributed by atoms with Gasteiger partial charge in [-0.3, -0.25) is 0 Å². The van der Waals surface area contributed by atoms with Crippen LogP contribution in [0.4, 0.5) is 13.2 Å². The predicted molar refractivity (Wildman–Crippen MR) is 126 cm³/mol. The lowest BCUT2D eigenvalue weighted by Crippen LogP contribution is -2.24. The lowest BCUT2D eigenvalue weighted by molar-refractivity contribution is -0.148. The number of alkyl halides is 3. The maximum atomic E-state index is 12.8. The van der Waals surface area contributed by atoms with E-state index in [1.165, 1.54) is 41.9 Å². The first-order valence-electron chi connectivity index (χ1n) is 10.2. The quantitative estimate of drug-likeness (QED) is 0.292. The molecule has 0 amide bonds. The molecule has 0 aliphatic rings. The maximum Gasteiger partial charge on any atom is 0.416 e. The molecule has 10 heteroatoms. The Morgan fingerprint density at radius 3 is 2.53 bits per heavy atom. The Bertz CT molecular complexity index is 1310. The minimum atomic E-state index is -4.38. The normalized spacial score (nSPS) is 12.7. The molecule has 0 aliphatic carbocycles. The van der Waals surface area contributed by atoms with Gasteiger partial charge in [-0.15, -0.1) is 22.7 Å². The van der Waals surface area contributed by atoms with Crippen LogP contribution in [0.2, 0.25) is 0 Å². The smallest absolute Gasteiger partial charge is 0.416 e. The number of carbonyl (C=O) groups is 1. The van der Waals surface area contributed by atoms with Crippen molar-refractivity contribution in [3.8, 4) is 16.3 Å². The minimum absolute atomic E-state index is 0.244. The van der Waals surface area contributed by atoms with Gasteiger partial charge < -0.3 is 14.6 Å². The van der Waals surface area contributed by atoms with E-state index in [0.29, 0.717) is 16.3 Å². The number of carboxylic acid groups (broad SMARTS) is 1. The van der Waals surface area contributed by atoms with E-state index in [1.807, 2.05) is 30.5 Å². The Morgan fingerprint density at radius 2 is 1.88 bits per heavy atom. The van der Waals surface area contributed by atoms with Gasteiger partial charge in [0, 0.05) is 29.2 Å². The van der Waals surface area contributed by atoms with Gasteiger partial charge in [-0.25, -0.2) is 9.78 Å². The average molecular weight is 508 g/mol. The molecular formula is C24H20F3NO4S2. The number of thiazole rings is 1. The molecular weight excluding hydrogens is 487 g/mol. The summed E-state index contributed by atoms with van der Waals surface area (Å²) >= 11 is 2.88.